The molecule has 1 aromatic carbocycles. The van der Waals surface area contributed by atoms with Crippen molar-refractivity contribution >= 4 is 47.1 Å². The molecular formula is C12H14ClNaO3. The predicted octanol–water partition coefficient (Wildman–Crippen LogP) is 2.42. The maximum atomic E-state index is 10.7. The minimum atomic E-state index is -0.961. The Kier molecular flexibility index (Phi) is 5.32. The van der Waals surface area contributed by atoms with Crippen molar-refractivity contribution in [3.63, 3.8) is 0 Å². The molecule has 1 saturated carbocycles. The van der Waals surface area contributed by atoms with Crippen molar-refractivity contribution in [1.82, 2.24) is 0 Å². The quantitative estimate of drug-likeness (QED) is 0.850. The SMILES string of the molecule is CC(Oc1ccc(Cl)cc1C1CC1)C(=O)O.[NaH]. The Hall–Kier alpha value is -0.220. The Labute approximate surface area is 127 Å². The summed E-state index contributed by atoms with van der Waals surface area (Å²) in [6.45, 7) is 1.52. The zero-order valence-corrected chi connectivity index (χ0v) is 9.70. The fraction of sp³-hybridized carbons (Fsp3) is 0.417. The molecule has 0 amide bonds. The number of ether oxygens (including phenoxy) is 1. The van der Waals surface area contributed by atoms with E-state index in [1.807, 2.05) is 6.07 Å². The third kappa shape index (κ3) is 3.88. The summed E-state index contributed by atoms with van der Waals surface area (Å²) in [7, 11) is 0. The fourth-order valence-corrected chi connectivity index (χ4v) is 1.76. The number of hydrogen-bond acceptors (Lipinski definition) is 2. The third-order valence-corrected chi connectivity index (χ3v) is 2.88. The summed E-state index contributed by atoms with van der Waals surface area (Å²) < 4.78 is 5.41. The van der Waals surface area contributed by atoms with E-state index in [1.165, 1.54) is 6.92 Å². The van der Waals surface area contributed by atoms with Gasteiger partial charge in [-0.05, 0) is 49.4 Å². The van der Waals surface area contributed by atoms with Crippen LogP contribution in [0, 0.1) is 0 Å². The molecule has 1 aliphatic rings. The van der Waals surface area contributed by atoms with Crippen molar-refractivity contribution in [1.29, 1.82) is 0 Å². The van der Waals surface area contributed by atoms with Crippen LogP contribution in [0.1, 0.15) is 31.2 Å². The van der Waals surface area contributed by atoms with Gasteiger partial charge in [-0.25, -0.2) is 4.79 Å². The van der Waals surface area contributed by atoms with Crippen LogP contribution in [0.25, 0.3) is 0 Å². The van der Waals surface area contributed by atoms with E-state index in [-0.39, 0.29) is 29.6 Å². The van der Waals surface area contributed by atoms with E-state index < -0.39 is 12.1 Å². The molecule has 0 aliphatic heterocycles. The number of carboxylic acid groups (broad SMARTS) is 1. The molecule has 88 valence electrons. The second-order valence-electron chi connectivity index (χ2n) is 4.05. The topological polar surface area (TPSA) is 46.5 Å². The summed E-state index contributed by atoms with van der Waals surface area (Å²) in [6, 6.07) is 5.33. The van der Waals surface area contributed by atoms with E-state index in [1.54, 1.807) is 12.1 Å². The van der Waals surface area contributed by atoms with Crippen LogP contribution in [0.2, 0.25) is 5.02 Å². The van der Waals surface area contributed by atoms with Gasteiger partial charge in [0.05, 0.1) is 0 Å². The van der Waals surface area contributed by atoms with Gasteiger partial charge in [0.1, 0.15) is 5.75 Å². The second-order valence-corrected chi connectivity index (χ2v) is 4.49. The summed E-state index contributed by atoms with van der Waals surface area (Å²) in [5, 5.41) is 9.46. The molecule has 17 heavy (non-hydrogen) atoms. The summed E-state index contributed by atoms with van der Waals surface area (Å²) in [6.07, 6.45) is 1.41. The first-order chi connectivity index (χ1) is 7.58. The number of carboxylic acids is 1. The molecule has 0 heterocycles. The Bertz CT molecular complexity index is 418. The van der Waals surface area contributed by atoms with Crippen LogP contribution < -0.4 is 4.74 Å². The minimum absolute atomic E-state index is 0. The summed E-state index contributed by atoms with van der Waals surface area (Å²) >= 11 is 5.92. The van der Waals surface area contributed by atoms with Crippen molar-refractivity contribution in [3.8, 4) is 5.75 Å². The summed E-state index contributed by atoms with van der Waals surface area (Å²) in [5.41, 5.74) is 1.03. The van der Waals surface area contributed by atoms with Gasteiger partial charge >= 0.3 is 35.5 Å². The van der Waals surface area contributed by atoms with Crippen molar-refractivity contribution in [2.75, 3.05) is 0 Å². The first-order valence-corrected chi connectivity index (χ1v) is 5.64. The van der Waals surface area contributed by atoms with Crippen molar-refractivity contribution in [3.05, 3.63) is 28.8 Å². The van der Waals surface area contributed by atoms with Gasteiger partial charge in [-0.1, -0.05) is 11.6 Å². The first-order valence-electron chi connectivity index (χ1n) is 5.27. The Morgan fingerprint density at radius 2 is 2.18 bits per heavy atom. The Balaban J connectivity index is 0.00000144. The molecule has 0 saturated heterocycles. The molecule has 1 aromatic rings. The van der Waals surface area contributed by atoms with Gasteiger partial charge in [-0.2, -0.15) is 0 Å². The Morgan fingerprint density at radius 1 is 1.53 bits per heavy atom. The average molecular weight is 265 g/mol. The molecule has 1 N–H and O–H groups in total. The number of carbonyl (C=O) groups is 1. The summed E-state index contributed by atoms with van der Waals surface area (Å²) in [5.74, 6) is 0.160. The van der Waals surface area contributed by atoms with Crippen LogP contribution in [0.5, 0.6) is 5.75 Å². The maximum absolute atomic E-state index is 10.7. The number of aliphatic carboxylic acids is 1. The van der Waals surface area contributed by atoms with Crippen LogP contribution >= 0.6 is 11.6 Å². The van der Waals surface area contributed by atoms with Gasteiger partial charge in [0.15, 0.2) is 6.10 Å². The third-order valence-electron chi connectivity index (χ3n) is 2.64. The van der Waals surface area contributed by atoms with E-state index in [9.17, 15) is 4.79 Å². The van der Waals surface area contributed by atoms with Crippen molar-refractivity contribution in [2.24, 2.45) is 0 Å². The van der Waals surface area contributed by atoms with Crippen LogP contribution in [-0.4, -0.2) is 46.7 Å². The molecule has 0 bridgehead atoms. The fourth-order valence-electron chi connectivity index (χ4n) is 1.58. The van der Waals surface area contributed by atoms with Crippen molar-refractivity contribution < 1.29 is 14.6 Å². The molecule has 0 aromatic heterocycles. The van der Waals surface area contributed by atoms with Gasteiger partial charge in [0.25, 0.3) is 0 Å². The van der Waals surface area contributed by atoms with Gasteiger partial charge in [-0.15, -0.1) is 0 Å². The van der Waals surface area contributed by atoms with Crippen molar-refractivity contribution in [2.45, 2.75) is 31.8 Å². The number of rotatable bonds is 4. The molecule has 1 aliphatic carbocycles. The molecule has 3 nitrogen and oxygen atoms in total. The monoisotopic (exact) mass is 264 g/mol. The van der Waals surface area contributed by atoms with E-state index in [2.05, 4.69) is 0 Å². The van der Waals surface area contributed by atoms with E-state index in [0.717, 1.165) is 18.4 Å². The van der Waals surface area contributed by atoms with Gasteiger partial charge < -0.3 is 9.84 Å². The molecule has 5 heteroatoms. The van der Waals surface area contributed by atoms with Crippen LogP contribution in [-0.2, 0) is 4.79 Å². The zero-order valence-electron chi connectivity index (χ0n) is 8.94. The molecular weight excluding hydrogens is 251 g/mol. The van der Waals surface area contributed by atoms with E-state index in [0.29, 0.717) is 16.7 Å². The standard InChI is InChI=1S/C12H13ClO3.Na.H/c1-7(12(14)15)16-11-5-4-9(13)6-10(11)8-2-3-8;;/h4-8H,2-3H2,1H3,(H,14,15);;. The average Bonchev–Trinajstić information content (AvgIpc) is 3.04. The summed E-state index contributed by atoms with van der Waals surface area (Å²) in [4.78, 5) is 10.7. The van der Waals surface area contributed by atoms with Gasteiger partial charge in [0.2, 0.25) is 0 Å². The molecule has 0 spiro atoms. The van der Waals surface area contributed by atoms with Crippen LogP contribution in [0.3, 0.4) is 0 Å². The van der Waals surface area contributed by atoms with Gasteiger partial charge in [0, 0.05) is 5.02 Å². The van der Waals surface area contributed by atoms with E-state index >= 15 is 0 Å². The number of hydrogen-bond donors (Lipinski definition) is 1. The predicted molar refractivity (Wildman–Crippen MR) is 68.3 cm³/mol. The first kappa shape index (κ1) is 14.8. The molecule has 0 radical (unpaired) electrons. The van der Waals surface area contributed by atoms with Gasteiger partial charge in [-0.3, -0.25) is 0 Å². The Morgan fingerprint density at radius 3 is 2.71 bits per heavy atom. The zero-order chi connectivity index (χ0) is 11.7. The van der Waals surface area contributed by atoms with Crippen LogP contribution in [0.15, 0.2) is 18.2 Å². The second kappa shape index (κ2) is 6.10. The number of benzene rings is 1. The molecule has 1 unspecified atom stereocenters. The molecule has 1 fully saturated rings. The van der Waals surface area contributed by atoms with E-state index in [4.69, 9.17) is 21.4 Å². The number of halogens is 1. The molecule has 2 rings (SSSR count). The van der Waals surface area contributed by atoms with Crippen LogP contribution in [0.4, 0.5) is 0 Å². The molecule has 1 atom stereocenters. The normalized spacial score (nSPS) is 15.9.